The monoisotopic (exact) mass is 309 g/mol. The molecule has 1 saturated carbocycles. The average Bonchev–Trinajstić information content (AvgIpc) is 2.55. The normalized spacial score (nSPS) is 21.1. The first kappa shape index (κ1) is 16.4. The number of benzene rings is 1. The topological polar surface area (TPSA) is 77.0 Å². The molecule has 0 heterocycles. The number of nitrogens with one attached hydrogen (secondary N) is 1. The molecule has 0 aromatic heterocycles. The fourth-order valence-corrected chi connectivity index (χ4v) is 2.74. The summed E-state index contributed by atoms with van der Waals surface area (Å²) in [6.45, 7) is 0. The molecule has 0 unspecified atom stereocenters. The van der Waals surface area contributed by atoms with Crippen molar-refractivity contribution in [3.63, 3.8) is 0 Å². The number of amides is 1. The van der Waals surface area contributed by atoms with Gasteiger partial charge in [-0.1, -0.05) is 12.8 Å². The van der Waals surface area contributed by atoms with Crippen molar-refractivity contribution in [2.24, 2.45) is 0 Å². The Balaban J connectivity index is 2.21. The summed E-state index contributed by atoms with van der Waals surface area (Å²) in [4.78, 5) is 12.4. The number of carbonyl (C=O) groups excluding carboxylic acids is 1. The van der Waals surface area contributed by atoms with Gasteiger partial charge in [0.25, 0.3) is 5.91 Å². The van der Waals surface area contributed by atoms with Gasteiger partial charge in [0, 0.05) is 5.56 Å². The first-order chi connectivity index (χ1) is 10.6. The van der Waals surface area contributed by atoms with Gasteiger partial charge >= 0.3 is 0 Å². The van der Waals surface area contributed by atoms with Crippen LogP contribution < -0.4 is 19.5 Å². The van der Waals surface area contributed by atoms with Crippen molar-refractivity contribution < 1.29 is 24.1 Å². The highest BCUT2D eigenvalue weighted by molar-refractivity contribution is 5.95. The van der Waals surface area contributed by atoms with Crippen molar-refractivity contribution in [2.75, 3.05) is 21.3 Å². The zero-order chi connectivity index (χ0) is 16.1. The number of hydrogen-bond acceptors (Lipinski definition) is 5. The van der Waals surface area contributed by atoms with Crippen LogP contribution in [-0.4, -0.2) is 44.5 Å². The van der Waals surface area contributed by atoms with Crippen LogP contribution in [0.4, 0.5) is 0 Å². The Labute approximate surface area is 130 Å². The molecular weight excluding hydrogens is 286 g/mol. The van der Waals surface area contributed by atoms with Gasteiger partial charge in [0.15, 0.2) is 11.5 Å². The molecule has 2 rings (SSSR count). The minimum absolute atomic E-state index is 0.208. The molecule has 0 aliphatic heterocycles. The number of aliphatic hydroxyl groups excluding tert-OH is 1. The Kier molecular flexibility index (Phi) is 5.49. The minimum atomic E-state index is -0.486. The maximum atomic E-state index is 12.4. The highest BCUT2D eigenvalue weighted by Crippen LogP contribution is 2.38. The lowest BCUT2D eigenvalue weighted by Gasteiger charge is -2.28. The molecule has 1 fully saturated rings. The average molecular weight is 309 g/mol. The molecule has 2 N–H and O–H groups in total. The lowest BCUT2D eigenvalue weighted by molar-refractivity contribution is 0.0717. The fourth-order valence-electron chi connectivity index (χ4n) is 2.74. The Morgan fingerprint density at radius 3 is 2.18 bits per heavy atom. The molecule has 6 heteroatoms. The van der Waals surface area contributed by atoms with Crippen molar-refractivity contribution in [1.82, 2.24) is 5.32 Å². The van der Waals surface area contributed by atoms with Crippen LogP contribution in [0.2, 0.25) is 0 Å². The molecule has 1 aliphatic rings. The summed E-state index contributed by atoms with van der Waals surface area (Å²) in [7, 11) is 4.52. The number of rotatable bonds is 5. The fraction of sp³-hybridized carbons (Fsp3) is 0.562. The zero-order valence-electron chi connectivity index (χ0n) is 13.2. The van der Waals surface area contributed by atoms with E-state index < -0.39 is 6.10 Å². The Morgan fingerprint density at radius 1 is 1.09 bits per heavy atom. The van der Waals surface area contributed by atoms with E-state index in [4.69, 9.17) is 14.2 Å². The summed E-state index contributed by atoms with van der Waals surface area (Å²) < 4.78 is 15.7. The number of hydrogen-bond donors (Lipinski definition) is 2. The van der Waals surface area contributed by atoms with E-state index in [1.54, 1.807) is 12.1 Å². The van der Waals surface area contributed by atoms with Crippen molar-refractivity contribution >= 4 is 5.91 Å². The maximum absolute atomic E-state index is 12.4. The van der Waals surface area contributed by atoms with Gasteiger partial charge < -0.3 is 24.6 Å². The summed E-state index contributed by atoms with van der Waals surface area (Å²) in [5.41, 5.74) is 0.410. The van der Waals surface area contributed by atoms with Crippen LogP contribution in [0.5, 0.6) is 17.2 Å². The van der Waals surface area contributed by atoms with E-state index in [9.17, 15) is 9.90 Å². The van der Waals surface area contributed by atoms with Crippen molar-refractivity contribution in [1.29, 1.82) is 0 Å². The van der Waals surface area contributed by atoms with Gasteiger partial charge in [-0.25, -0.2) is 0 Å². The summed E-state index contributed by atoms with van der Waals surface area (Å²) in [6, 6.07) is 3.00. The van der Waals surface area contributed by atoms with E-state index >= 15 is 0 Å². The second-order valence-electron chi connectivity index (χ2n) is 5.35. The standard InChI is InChI=1S/C16H23NO5/c1-20-13-8-10(9-14(21-2)15(13)22-3)16(19)17-11-6-4-5-7-12(11)18/h8-9,11-12,18H,4-7H2,1-3H3,(H,17,19)/t11-,12+/m1/s1. The molecule has 1 aromatic carbocycles. The summed E-state index contributed by atoms with van der Waals surface area (Å²) >= 11 is 0. The van der Waals surface area contributed by atoms with Crippen molar-refractivity contribution in [3.8, 4) is 17.2 Å². The Bertz CT molecular complexity index is 506. The quantitative estimate of drug-likeness (QED) is 0.866. The molecule has 6 nitrogen and oxygen atoms in total. The van der Waals surface area contributed by atoms with E-state index in [1.165, 1.54) is 21.3 Å². The Hall–Kier alpha value is -1.95. The van der Waals surface area contributed by atoms with Gasteiger partial charge in [0.2, 0.25) is 5.75 Å². The van der Waals surface area contributed by atoms with Gasteiger partial charge in [0.05, 0.1) is 33.5 Å². The summed E-state index contributed by atoms with van der Waals surface area (Å²) in [6.07, 6.45) is 3.03. The lowest BCUT2D eigenvalue weighted by atomic mass is 9.92. The smallest absolute Gasteiger partial charge is 0.251 e. The number of methoxy groups -OCH3 is 3. The second-order valence-corrected chi connectivity index (χ2v) is 5.35. The van der Waals surface area contributed by atoms with Crippen molar-refractivity contribution in [3.05, 3.63) is 17.7 Å². The van der Waals surface area contributed by atoms with Gasteiger partial charge in [-0.2, -0.15) is 0 Å². The first-order valence-corrected chi connectivity index (χ1v) is 7.39. The highest BCUT2D eigenvalue weighted by Gasteiger charge is 2.26. The Morgan fingerprint density at radius 2 is 1.68 bits per heavy atom. The molecule has 0 radical (unpaired) electrons. The first-order valence-electron chi connectivity index (χ1n) is 7.39. The van der Waals surface area contributed by atoms with Crippen LogP contribution in [0.1, 0.15) is 36.0 Å². The van der Waals surface area contributed by atoms with Gasteiger partial charge in [-0.3, -0.25) is 4.79 Å². The minimum Gasteiger partial charge on any atom is -0.493 e. The van der Waals surface area contributed by atoms with Crippen LogP contribution in [-0.2, 0) is 0 Å². The van der Waals surface area contributed by atoms with E-state index in [1.807, 2.05) is 0 Å². The summed E-state index contributed by atoms with van der Waals surface area (Å²) in [5.74, 6) is 1.04. The summed E-state index contributed by atoms with van der Waals surface area (Å²) in [5, 5.41) is 12.8. The van der Waals surface area contributed by atoms with Gasteiger partial charge in [-0.15, -0.1) is 0 Å². The van der Waals surface area contributed by atoms with Crippen LogP contribution in [0.15, 0.2) is 12.1 Å². The van der Waals surface area contributed by atoms with Crippen LogP contribution >= 0.6 is 0 Å². The third-order valence-electron chi connectivity index (χ3n) is 3.97. The molecule has 1 aliphatic carbocycles. The molecular formula is C16H23NO5. The molecule has 22 heavy (non-hydrogen) atoms. The SMILES string of the molecule is COc1cc(C(=O)N[C@@H]2CCCC[C@@H]2O)cc(OC)c1OC. The van der Waals surface area contributed by atoms with Crippen LogP contribution in [0.25, 0.3) is 0 Å². The van der Waals surface area contributed by atoms with Gasteiger partial charge in [0.1, 0.15) is 0 Å². The van der Waals surface area contributed by atoms with Crippen molar-refractivity contribution in [2.45, 2.75) is 37.8 Å². The maximum Gasteiger partial charge on any atom is 0.251 e. The molecule has 2 atom stereocenters. The molecule has 0 saturated heterocycles. The molecule has 0 spiro atoms. The molecule has 122 valence electrons. The zero-order valence-corrected chi connectivity index (χ0v) is 13.2. The highest BCUT2D eigenvalue weighted by atomic mass is 16.5. The number of ether oxygens (including phenoxy) is 3. The predicted octanol–water partition coefficient (Wildman–Crippen LogP) is 1.75. The molecule has 1 aromatic rings. The third-order valence-corrected chi connectivity index (χ3v) is 3.97. The van der Waals surface area contributed by atoms with E-state index in [0.717, 1.165) is 25.7 Å². The third kappa shape index (κ3) is 3.44. The number of aliphatic hydroxyl groups is 1. The number of carbonyl (C=O) groups is 1. The van der Waals surface area contributed by atoms with E-state index in [-0.39, 0.29) is 11.9 Å². The van der Waals surface area contributed by atoms with E-state index in [0.29, 0.717) is 22.8 Å². The van der Waals surface area contributed by atoms with Crippen LogP contribution in [0, 0.1) is 0 Å². The second kappa shape index (κ2) is 7.35. The molecule has 1 amide bonds. The lowest BCUT2D eigenvalue weighted by Crippen LogP contribution is -2.45. The van der Waals surface area contributed by atoms with E-state index in [2.05, 4.69) is 5.32 Å². The molecule has 0 bridgehead atoms. The van der Waals surface area contributed by atoms with Gasteiger partial charge in [-0.05, 0) is 25.0 Å². The largest absolute Gasteiger partial charge is 0.493 e. The predicted molar refractivity (Wildman–Crippen MR) is 81.8 cm³/mol. The van der Waals surface area contributed by atoms with Crippen LogP contribution in [0.3, 0.4) is 0 Å².